The van der Waals surface area contributed by atoms with Gasteiger partial charge >= 0.3 is 5.97 Å². The molecule has 0 saturated heterocycles. The predicted molar refractivity (Wildman–Crippen MR) is 70.9 cm³/mol. The molecular weight excluding hydrogens is 230 g/mol. The third-order valence-electron chi connectivity index (χ3n) is 2.93. The van der Waals surface area contributed by atoms with Crippen molar-refractivity contribution < 1.29 is 14.6 Å². The van der Waals surface area contributed by atoms with E-state index in [1.54, 1.807) is 7.11 Å². The fraction of sp³-hybridized carbons (Fsp3) is 0.500. The summed E-state index contributed by atoms with van der Waals surface area (Å²) in [5.41, 5.74) is 0.974. The molecule has 1 aromatic carbocycles. The van der Waals surface area contributed by atoms with Gasteiger partial charge in [0.05, 0.1) is 7.11 Å². The average Bonchev–Trinajstić information content (AvgIpc) is 2.37. The normalized spacial score (nSPS) is 13.9. The van der Waals surface area contributed by atoms with E-state index in [-0.39, 0.29) is 6.04 Å². The molecule has 1 unspecified atom stereocenters. The SMILES string of the molecule is CCCC(N[C@H](C)c1ccccc1OC)C(=O)O. The molecule has 4 heteroatoms. The number of para-hydroxylation sites is 1. The summed E-state index contributed by atoms with van der Waals surface area (Å²) >= 11 is 0. The van der Waals surface area contributed by atoms with Gasteiger partial charge in [0.15, 0.2) is 0 Å². The smallest absolute Gasteiger partial charge is 0.320 e. The fourth-order valence-corrected chi connectivity index (χ4v) is 1.98. The zero-order valence-corrected chi connectivity index (χ0v) is 11.1. The van der Waals surface area contributed by atoms with Crippen molar-refractivity contribution in [3.05, 3.63) is 29.8 Å². The molecule has 0 bridgehead atoms. The summed E-state index contributed by atoms with van der Waals surface area (Å²) in [6.07, 6.45) is 1.46. The van der Waals surface area contributed by atoms with E-state index < -0.39 is 12.0 Å². The first-order valence-electron chi connectivity index (χ1n) is 6.21. The van der Waals surface area contributed by atoms with Crippen LogP contribution in [0, 0.1) is 0 Å². The Bertz CT molecular complexity index is 392. The summed E-state index contributed by atoms with van der Waals surface area (Å²) in [5.74, 6) is -0.0308. The molecule has 2 N–H and O–H groups in total. The van der Waals surface area contributed by atoms with E-state index in [1.807, 2.05) is 38.1 Å². The van der Waals surface area contributed by atoms with Gasteiger partial charge in [0, 0.05) is 11.6 Å². The number of methoxy groups -OCH3 is 1. The maximum Gasteiger partial charge on any atom is 0.320 e. The van der Waals surface area contributed by atoms with Gasteiger partial charge in [0.25, 0.3) is 0 Å². The minimum atomic E-state index is -0.807. The second-order valence-electron chi connectivity index (χ2n) is 4.31. The molecule has 0 aromatic heterocycles. The monoisotopic (exact) mass is 251 g/mol. The number of carboxylic acid groups (broad SMARTS) is 1. The molecule has 0 radical (unpaired) electrons. The predicted octanol–water partition coefficient (Wildman–Crippen LogP) is 2.60. The van der Waals surface area contributed by atoms with Crippen LogP contribution in [0.2, 0.25) is 0 Å². The minimum absolute atomic E-state index is 0.0613. The average molecular weight is 251 g/mol. The highest BCUT2D eigenvalue weighted by Crippen LogP contribution is 2.24. The first-order valence-corrected chi connectivity index (χ1v) is 6.21. The number of carboxylic acids is 1. The van der Waals surface area contributed by atoms with E-state index in [0.29, 0.717) is 6.42 Å². The molecule has 0 heterocycles. The highest BCUT2D eigenvalue weighted by molar-refractivity contribution is 5.73. The van der Waals surface area contributed by atoms with Crippen LogP contribution in [0.3, 0.4) is 0 Å². The summed E-state index contributed by atoms with van der Waals surface area (Å²) in [4.78, 5) is 11.1. The third-order valence-corrected chi connectivity index (χ3v) is 2.93. The quantitative estimate of drug-likeness (QED) is 0.782. The van der Waals surface area contributed by atoms with Crippen molar-refractivity contribution in [2.75, 3.05) is 7.11 Å². The molecule has 0 saturated carbocycles. The number of hydrogen-bond donors (Lipinski definition) is 2. The van der Waals surface area contributed by atoms with Gasteiger partial charge in [-0.2, -0.15) is 0 Å². The fourth-order valence-electron chi connectivity index (χ4n) is 1.98. The Morgan fingerprint density at radius 1 is 1.44 bits per heavy atom. The first kappa shape index (κ1) is 14.5. The van der Waals surface area contributed by atoms with Crippen molar-refractivity contribution in [3.63, 3.8) is 0 Å². The van der Waals surface area contributed by atoms with E-state index in [0.717, 1.165) is 17.7 Å². The van der Waals surface area contributed by atoms with Crippen molar-refractivity contribution >= 4 is 5.97 Å². The van der Waals surface area contributed by atoms with Crippen LogP contribution in [0.5, 0.6) is 5.75 Å². The highest BCUT2D eigenvalue weighted by atomic mass is 16.5. The maximum atomic E-state index is 11.1. The van der Waals surface area contributed by atoms with Gasteiger partial charge in [-0.25, -0.2) is 0 Å². The van der Waals surface area contributed by atoms with Gasteiger partial charge in [0.2, 0.25) is 0 Å². The zero-order chi connectivity index (χ0) is 13.5. The molecule has 18 heavy (non-hydrogen) atoms. The number of aliphatic carboxylic acids is 1. The van der Waals surface area contributed by atoms with E-state index in [9.17, 15) is 4.79 Å². The van der Waals surface area contributed by atoms with Gasteiger partial charge in [-0.3, -0.25) is 10.1 Å². The Balaban J connectivity index is 2.79. The van der Waals surface area contributed by atoms with E-state index in [4.69, 9.17) is 9.84 Å². The van der Waals surface area contributed by atoms with Gasteiger partial charge in [-0.1, -0.05) is 31.5 Å². The summed E-state index contributed by atoms with van der Waals surface area (Å²) in [6, 6.07) is 7.06. The van der Waals surface area contributed by atoms with Gasteiger partial charge in [-0.15, -0.1) is 0 Å². The van der Waals surface area contributed by atoms with Crippen molar-refractivity contribution in [3.8, 4) is 5.75 Å². The number of carbonyl (C=O) groups is 1. The van der Waals surface area contributed by atoms with Crippen LogP contribution in [0.15, 0.2) is 24.3 Å². The van der Waals surface area contributed by atoms with Crippen molar-refractivity contribution in [2.24, 2.45) is 0 Å². The Hall–Kier alpha value is -1.55. The van der Waals surface area contributed by atoms with Gasteiger partial charge < -0.3 is 9.84 Å². The first-order chi connectivity index (χ1) is 8.60. The molecule has 100 valence electrons. The van der Waals surface area contributed by atoms with Crippen LogP contribution in [-0.4, -0.2) is 24.2 Å². The lowest BCUT2D eigenvalue weighted by Gasteiger charge is -2.21. The van der Waals surface area contributed by atoms with Crippen molar-refractivity contribution in [1.82, 2.24) is 5.32 Å². The van der Waals surface area contributed by atoms with E-state index in [2.05, 4.69) is 5.32 Å². The number of ether oxygens (including phenoxy) is 1. The molecule has 0 aliphatic heterocycles. The van der Waals surface area contributed by atoms with Crippen LogP contribution in [0.4, 0.5) is 0 Å². The summed E-state index contributed by atoms with van der Waals surface area (Å²) in [6.45, 7) is 3.93. The van der Waals surface area contributed by atoms with E-state index >= 15 is 0 Å². The van der Waals surface area contributed by atoms with Crippen molar-refractivity contribution in [2.45, 2.75) is 38.8 Å². The number of hydrogen-bond acceptors (Lipinski definition) is 3. The maximum absolute atomic E-state index is 11.1. The topological polar surface area (TPSA) is 58.6 Å². The Labute approximate surface area is 108 Å². The molecule has 2 atom stereocenters. The molecule has 0 aliphatic rings. The second-order valence-corrected chi connectivity index (χ2v) is 4.31. The molecule has 0 spiro atoms. The highest BCUT2D eigenvalue weighted by Gasteiger charge is 2.20. The molecular formula is C14H21NO3. The molecule has 1 rings (SSSR count). The van der Waals surface area contributed by atoms with Crippen molar-refractivity contribution in [1.29, 1.82) is 0 Å². The standard InChI is InChI=1S/C14H21NO3/c1-4-7-12(14(16)17)15-10(2)11-8-5-6-9-13(11)18-3/h5-6,8-10,12,15H,4,7H2,1-3H3,(H,16,17)/t10-,12?/m1/s1. The minimum Gasteiger partial charge on any atom is -0.496 e. The lowest BCUT2D eigenvalue weighted by Crippen LogP contribution is -2.38. The van der Waals surface area contributed by atoms with Crippen LogP contribution in [0.25, 0.3) is 0 Å². The molecule has 4 nitrogen and oxygen atoms in total. The largest absolute Gasteiger partial charge is 0.496 e. The summed E-state index contributed by atoms with van der Waals surface area (Å²) in [7, 11) is 1.62. The Morgan fingerprint density at radius 2 is 2.11 bits per heavy atom. The Morgan fingerprint density at radius 3 is 2.67 bits per heavy atom. The number of nitrogens with one attached hydrogen (secondary N) is 1. The van der Waals surface area contributed by atoms with E-state index in [1.165, 1.54) is 0 Å². The number of benzene rings is 1. The zero-order valence-electron chi connectivity index (χ0n) is 11.1. The van der Waals surface area contributed by atoms with Gasteiger partial charge in [0.1, 0.15) is 11.8 Å². The molecule has 0 aliphatic carbocycles. The Kier molecular flexibility index (Phi) is 5.65. The molecule has 0 amide bonds. The number of rotatable bonds is 7. The lowest BCUT2D eigenvalue weighted by molar-refractivity contribution is -0.139. The molecule has 0 fully saturated rings. The summed E-state index contributed by atoms with van der Waals surface area (Å²) in [5, 5.41) is 12.3. The summed E-state index contributed by atoms with van der Waals surface area (Å²) < 4.78 is 5.28. The van der Waals surface area contributed by atoms with Crippen LogP contribution in [-0.2, 0) is 4.79 Å². The van der Waals surface area contributed by atoms with Crippen LogP contribution < -0.4 is 10.1 Å². The lowest BCUT2D eigenvalue weighted by atomic mass is 10.0. The van der Waals surface area contributed by atoms with Gasteiger partial charge in [-0.05, 0) is 19.4 Å². The van der Waals surface area contributed by atoms with Crippen LogP contribution in [0.1, 0.15) is 38.3 Å². The second kappa shape index (κ2) is 7.01. The third kappa shape index (κ3) is 3.74. The van der Waals surface area contributed by atoms with Crippen LogP contribution >= 0.6 is 0 Å². The molecule has 1 aromatic rings.